The van der Waals surface area contributed by atoms with E-state index in [1.54, 1.807) is 13.8 Å². The molecule has 0 bridgehead atoms. The number of aryl methyl sites for hydroxylation is 1. The molecule has 16 heavy (non-hydrogen) atoms. The fourth-order valence-corrected chi connectivity index (χ4v) is 1.16. The molecule has 0 aliphatic heterocycles. The topological polar surface area (TPSA) is 52.1 Å². The van der Waals surface area contributed by atoms with Gasteiger partial charge in [-0.25, -0.2) is 9.97 Å². The summed E-state index contributed by atoms with van der Waals surface area (Å²) < 4.78 is 4.74. The summed E-state index contributed by atoms with van der Waals surface area (Å²) in [5, 5.41) is 0.188. The first-order chi connectivity index (χ1) is 7.63. The molecule has 84 valence electrons. The second-order valence-electron chi connectivity index (χ2n) is 2.92. The van der Waals surface area contributed by atoms with E-state index in [0.29, 0.717) is 17.9 Å². The quantitative estimate of drug-likeness (QED) is 0.447. The predicted molar refractivity (Wildman–Crippen MR) is 59.9 cm³/mol. The van der Waals surface area contributed by atoms with E-state index in [-0.39, 0.29) is 17.7 Å². The third kappa shape index (κ3) is 3.87. The lowest BCUT2D eigenvalue weighted by atomic mass is 10.2. The van der Waals surface area contributed by atoms with Crippen molar-refractivity contribution in [1.82, 2.24) is 9.97 Å². The molecule has 0 fully saturated rings. The SMILES string of the molecule is CCOC(=O)CC#Cc1cnc(Cl)nc1C. The summed E-state index contributed by atoms with van der Waals surface area (Å²) in [7, 11) is 0. The normalized spacial score (nSPS) is 9.19. The van der Waals surface area contributed by atoms with Crippen LogP contribution in [-0.2, 0) is 9.53 Å². The maximum atomic E-state index is 11.0. The van der Waals surface area contributed by atoms with Crippen LogP contribution in [0.2, 0.25) is 5.28 Å². The highest BCUT2D eigenvalue weighted by atomic mass is 35.5. The third-order valence-electron chi connectivity index (χ3n) is 1.71. The minimum absolute atomic E-state index is 0.0654. The Morgan fingerprint density at radius 1 is 1.62 bits per heavy atom. The monoisotopic (exact) mass is 238 g/mol. The molecule has 0 aromatic carbocycles. The Bertz CT molecular complexity index is 449. The van der Waals surface area contributed by atoms with Gasteiger partial charge in [0.25, 0.3) is 0 Å². The molecule has 0 spiro atoms. The second kappa shape index (κ2) is 6.09. The Morgan fingerprint density at radius 3 is 3.00 bits per heavy atom. The number of nitrogens with zero attached hydrogens (tertiary/aromatic N) is 2. The number of hydrogen-bond donors (Lipinski definition) is 0. The van der Waals surface area contributed by atoms with Crippen molar-refractivity contribution in [2.75, 3.05) is 6.61 Å². The largest absolute Gasteiger partial charge is 0.465 e. The molecule has 0 unspecified atom stereocenters. The van der Waals surface area contributed by atoms with Crippen molar-refractivity contribution in [1.29, 1.82) is 0 Å². The van der Waals surface area contributed by atoms with E-state index in [1.807, 2.05) is 0 Å². The van der Waals surface area contributed by atoms with Crippen LogP contribution in [-0.4, -0.2) is 22.5 Å². The molecule has 1 rings (SSSR count). The fraction of sp³-hybridized carbons (Fsp3) is 0.364. The van der Waals surface area contributed by atoms with Gasteiger partial charge in [-0.3, -0.25) is 4.79 Å². The highest BCUT2D eigenvalue weighted by Crippen LogP contribution is 2.05. The fourth-order valence-electron chi connectivity index (χ4n) is 0.985. The summed E-state index contributed by atoms with van der Waals surface area (Å²) in [6.07, 6.45) is 1.60. The van der Waals surface area contributed by atoms with E-state index in [2.05, 4.69) is 21.8 Å². The first kappa shape index (κ1) is 12.5. The maximum absolute atomic E-state index is 11.0. The van der Waals surface area contributed by atoms with Gasteiger partial charge in [0, 0.05) is 6.20 Å². The number of rotatable bonds is 2. The lowest BCUT2D eigenvalue weighted by Gasteiger charge is -1.96. The zero-order valence-corrected chi connectivity index (χ0v) is 9.84. The number of hydrogen-bond acceptors (Lipinski definition) is 4. The van der Waals surface area contributed by atoms with E-state index in [1.165, 1.54) is 6.20 Å². The molecule has 0 radical (unpaired) electrons. The lowest BCUT2D eigenvalue weighted by Crippen LogP contribution is -2.01. The van der Waals surface area contributed by atoms with Gasteiger partial charge in [-0.2, -0.15) is 0 Å². The number of halogens is 1. The van der Waals surface area contributed by atoms with E-state index >= 15 is 0 Å². The van der Waals surface area contributed by atoms with Crippen LogP contribution in [0.3, 0.4) is 0 Å². The number of carbonyl (C=O) groups is 1. The summed E-state index contributed by atoms with van der Waals surface area (Å²) in [6, 6.07) is 0. The van der Waals surface area contributed by atoms with Crippen LogP contribution < -0.4 is 0 Å². The molecule has 0 saturated heterocycles. The van der Waals surface area contributed by atoms with E-state index in [0.717, 1.165) is 0 Å². The van der Waals surface area contributed by atoms with Gasteiger partial charge in [0.2, 0.25) is 5.28 Å². The van der Waals surface area contributed by atoms with Gasteiger partial charge in [0.05, 0.1) is 17.9 Å². The smallest absolute Gasteiger partial charge is 0.317 e. The minimum atomic E-state index is -0.331. The second-order valence-corrected chi connectivity index (χ2v) is 3.26. The van der Waals surface area contributed by atoms with Crippen molar-refractivity contribution in [2.45, 2.75) is 20.3 Å². The molecule has 0 atom stereocenters. The Balaban J connectivity index is 2.66. The van der Waals surface area contributed by atoms with Gasteiger partial charge < -0.3 is 4.74 Å². The molecular weight excluding hydrogens is 228 g/mol. The molecule has 5 heteroatoms. The highest BCUT2D eigenvalue weighted by molar-refractivity contribution is 6.28. The molecule has 1 aromatic rings. The van der Waals surface area contributed by atoms with Crippen molar-refractivity contribution >= 4 is 17.6 Å². The van der Waals surface area contributed by atoms with Gasteiger partial charge in [-0.05, 0) is 25.4 Å². The van der Waals surface area contributed by atoms with Crippen molar-refractivity contribution < 1.29 is 9.53 Å². The van der Waals surface area contributed by atoms with Crippen LogP contribution in [0.1, 0.15) is 24.6 Å². The average molecular weight is 239 g/mol. The number of esters is 1. The van der Waals surface area contributed by atoms with Crippen molar-refractivity contribution in [3.8, 4) is 11.8 Å². The molecule has 0 saturated carbocycles. The summed E-state index contributed by atoms with van der Waals surface area (Å²) >= 11 is 5.60. The lowest BCUT2D eigenvalue weighted by molar-refractivity contribution is -0.141. The van der Waals surface area contributed by atoms with Gasteiger partial charge in [-0.15, -0.1) is 0 Å². The predicted octanol–water partition coefficient (Wildman–Crippen LogP) is 1.74. The summed E-state index contributed by atoms with van der Waals surface area (Å²) in [5.74, 6) is 5.16. The van der Waals surface area contributed by atoms with E-state index in [9.17, 15) is 4.79 Å². The maximum Gasteiger partial charge on any atom is 0.317 e. The Hall–Kier alpha value is -1.60. The standard InChI is InChI=1S/C11H11ClN2O2/c1-3-16-10(15)6-4-5-9-7-13-11(12)14-8(9)2/h7H,3,6H2,1-2H3. The van der Waals surface area contributed by atoms with Gasteiger partial charge in [-0.1, -0.05) is 11.8 Å². The van der Waals surface area contributed by atoms with E-state index in [4.69, 9.17) is 16.3 Å². The molecule has 1 aromatic heterocycles. The summed E-state index contributed by atoms with van der Waals surface area (Å²) in [5.41, 5.74) is 1.35. The third-order valence-corrected chi connectivity index (χ3v) is 1.89. The summed E-state index contributed by atoms with van der Waals surface area (Å²) in [4.78, 5) is 18.7. The molecule has 0 aliphatic rings. The van der Waals surface area contributed by atoms with Crippen molar-refractivity contribution in [3.63, 3.8) is 0 Å². The van der Waals surface area contributed by atoms with Crippen LogP contribution in [0.25, 0.3) is 0 Å². The highest BCUT2D eigenvalue weighted by Gasteiger charge is 1.99. The van der Waals surface area contributed by atoms with Crippen molar-refractivity contribution in [3.05, 3.63) is 22.7 Å². The number of ether oxygens (including phenoxy) is 1. The molecule has 4 nitrogen and oxygen atoms in total. The first-order valence-electron chi connectivity index (χ1n) is 4.77. The zero-order valence-electron chi connectivity index (χ0n) is 9.08. The van der Waals surface area contributed by atoms with Gasteiger partial charge in [0.1, 0.15) is 6.42 Å². The van der Waals surface area contributed by atoms with Crippen LogP contribution in [0.4, 0.5) is 0 Å². The molecule has 0 amide bonds. The number of aromatic nitrogens is 2. The number of carbonyl (C=O) groups excluding carboxylic acids is 1. The van der Waals surface area contributed by atoms with Crippen LogP contribution in [0.5, 0.6) is 0 Å². The Morgan fingerprint density at radius 2 is 2.38 bits per heavy atom. The zero-order chi connectivity index (χ0) is 12.0. The summed E-state index contributed by atoms with van der Waals surface area (Å²) in [6.45, 7) is 3.90. The van der Waals surface area contributed by atoms with Crippen LogP contribution >= 0.6 is 11.6 Å². The van der Waals surface area contributed by atoms with Gasteiger partial charge >= 0.3 is 5.97 Å². The molecule has 0 aliphatic carbocycles. The van der Waals surface area contributed by atoms with Crippen LogP contribution in [0.15, 0.2) is 6.20 Å². The molecule has 1 heterocycles. The Kier molecular flexibility index (Phi) is 4.74. The average Bonchev–Trinajstić information content (AvgIpc) is 2.22. The molecular formula is C11H11ClN2O2. The van der Waals surface area contributed by atoms with Crippen LogP contribution in [0, 0.1) is 18.8 Å². The van der Waals surface area contributed by atoms with Gasteiger partial charge in [0.15, 0.2) is 0 Å². The van der Waals surface area contributed by atoms with E-state index < -0.39 is 0 Å². The molecule has 0 N–H and O–H groups in total. The minimum Gasteiger partial charge on any atom is -0.465 e. The Labute approximate surface area is 99.0 Å². The first-order valence-corrected chi connectivity index (χ1v) is 5.15. The van der Waals surface area contributed by atoms with Crippen molar-refractivity contribution in [2.24, 2.45) is 0 Å².